The molecule has 0 bridgehead atoms. The number of aryl methyl sites for hydroxylation is 2. The van der Waals surface area contributed by atoms with Gasteiger partial charge in [-0.15, -0.1) is 5.10 Å². The molecule has 1 N–H and O–H groups in total. The number of benzene rings is 2. The van der Waals surface area contributed by atoms with Crippen LogP contribution in [0.3, 0.4) is 0 Å². The summed E-state index contributed by atoms with van der Waals surface area (Å²) in [5.41, 5.74) is 3.38. The lowest BCUT2D eigenvalue weighted by Crippen LogP contribution is -2.28. The van der Waals surface area contributed by atoms with Crippen molar-refractivity contribution in [2.24, 2.45) is 0 Å². The number of thioether (sulfide) groups is 1. The van der Waals surface area contributed by atoms with Crippen LogP contribution in [0.5, 0.6) is 0 Å². The van der Waals surface area contributed by atoms with Gasteiger partial charge in [0.05, 0.1) is 16.3 Å². The molecule has 1 fully saturated rings. The van der Waals surface area contributed by atoms with Crippen LogP contribution in [0.2, 0.25) is 0 Å². The molecule has 2 heterocycles. The topological polar surface area (TPSA) is 110 Å². The molecule has 11 heteroatoms. The van der Waals surface area contributed by atoms with Gasteiger partial charge in [-0.1, -0.05) is 36.0 Å². The summed E-state index contributed by atoms with van der Waals surface area (Å²) < 4.78 is 28.6. The number of tetrazole rings is 1. The Kier molecular flexibility index (Phi) is 6.58. The number of carbonyl (C=O) groups is 1. The van der Waals surface area contributed by atoms with Gasteiger partial charge in [-0.25, -0.2) is 8.42 Å². The molecule has 0 saturated carbocycles. The number of hydrogen-bond acceptors (Lipinski definition) is 7. The molecule has 1 aliphatic heterocycles. The Labute approximate surface area is 191 Å². The van der Waals surface area contributed by atoms with Crippen molar-refractivity contribution in [3.05, 3.63) is 53.6 Å². The van der Waals surface area contributed by atoms with Crippen molar-refractivity contribution < 1.29 is 13.2 Å². The maximum atomic E-state index is 12.8. The minimum absolute atomic E-state index is 0.0778. The van der Waals surface area contributed by atoms with Gasteiger partial charge in [0, 0.05) is 18.8 Å². The molecule has 0 radical (unpaired) electrons. The van der Waals surface area contributed by atoms with E-state index in [9.17, 15) is 13.2 Å². The lowest BCUT2D eigenvalue weighted by molar-refractivity contribution is -0.113. The van der Waals surface area contributed by atoms with Gasteiger partial charge in [-0.2, -0.15) is 8.99 Å². The first-order chi connectivity index (χ1) is 15.4. The smallest absolute Gasteiger partial charge is 0.243 e. The Hall–Kier alpha value is -2.76. The number of rotatable bonds is 7. The van der Waals surface area contributed by atoms with Gasteiger partial charge in [-0.3, -0.25) is 4.79 Å². The first-order valence-corrected chi connectivity index (χ1v) is 12.7. The van der Waals surface area contributed by atoms with Crippen LogP contribution in [0, 0.1) is 13.8 Å². The van der Waals surface area contributed by atoms with Crippen LogP contribution in [0.4, 0.5) is 5.69 Å². The van der Waals surface area contributed by atoms with E-state index in [0.29, 0.717) is 23.9 Å². The second-order valence-electron chi connectivity index (χ2n) is 7.59. The largest absolute Gasteiger partial charge is 0.325 e. The first kappa shape index (κ1) is 22.4. The zero-order chi connectivity index (χ0) is 22.7. The van der Waals surface area contributed by atoms with Gasteiger partial charge >= 0.3 is 0 Å². The third-order valence-electron chi connectivity index (χ3n) is 5.25. The zero-order valence-electron chi connectivity index (χ0n) is 17.9. The number of anilines is 1. The van der Waals surface area contributed by atoms with Gasteiger partial charge in [-0.05, 0) is 66.4 Å². The standard InChI is InChI=1S/C21H24N6O3S2/c1-15-7-5-8-16(2)20(15)27-21(23-24-25-27)31-14-19(28)22-17-9-6-10-18(13-17)32(29,30)26-11-3-4-12-26/h5-10,13H,3-4,11-12,14H2,1-2H3,(H,22,28). The third kappa shape index (κ3) is 4.69. The second-order valence-corrected chi connectivity index (χ2v) is 10.5. The molecular formula is C21H24N6O3S2. The molecule has 0 unspecified atom stereocenters. The highest BCUT2D eigenvalue weighted by molar-refractivity contribution is 7.99. The molecule has 168 valence electrons. The summed E-state index contributed by atoms with van der Waals surface area (Å²) in [6.45, 7) is 5.03. The highest BCUT2D eigenvalue weighted by atomic mass is 32.2. The lowest BCUT2D eigenvalue weighted by Gasteiger charge is -2.16. The number of nitrogens with one attached hydrogen (secondary N) is 1. The summed E-state index contributed by atoms with van der Waals surface area (Å²) in [4.78, 5) is 12.7. The summed E-state index contributed by atoms with van der Waals surface area (Å²) in [6.07, 6.45) is 1.74. The quantitative estimate of drug-likeness (QED) is 0.527. The molecule has 3 aromatic rings. The van der Waals surface area contributed by atoms with E-state index in [-0.39, 0.29) is 16.6 Å². The Morgan fingerprint density at radius 3 is 2.50 bits per heavy atom. The normalized spacial score (nSPS) is 14.6. The minimum atomic E-state index is -3.54. The Balaban J connectivity index is 1.43. The molecule has 1 aliphatic rings. The molecule has 0 aliphatic carbocycles. The van der Waals surface area contributed by atoms with E-state index in [2.05, 4.69) is 20.8 Å². The van der Waals surface area contributed by atoms with Crippen molar-refractivity contribution in [1.82, 2.24) is 24.5 Å². The van der Waals surface area contributed by atoms with Crippen molar-refractivity contribution in [2.75, 3.05) is 24.2 Å². The average molecular weight is 473 g/mol. The van der Waals surface area contributed by atoms with E-state index in [0.717, 1.165) is 29.7 Å². The average Bonchev–Trinajstić information content (AvgIpc) is 3.45. The second kappa shape index (κ2) is 9.39. The van der Waals surface area contributed by atoms with E-state index in [1.54, 1.807) is 22.9 Å². The summed E-state index contributed by atoms with van der Waals surface area (Å²) in [5, 5.41) is 15.2. The molecule has 0 spiro atoms. The van der Waals surface area contributed by atoms with Crippen LogP contribution >= 0.6 is 11.8 Å². The molecule has 1 aromatic heterocycles. The predicted octanol–water partition coefficient (Wildman–Crippen LogP) is 2.79. The number of aromatic nitrogens is 4. The fraction of sp³-hybridized carbons (Fsp3) is 0.333. The predicted molar refractivity (Wildman–Crippen MR) is 122 cm³/mol. The van der Waals surface area contributed by atoms with Crippen LogP contribution in [0.1, 0.15) is 24.0 Å². The summed E-state index contributed by atoms with van der Waals surface area (Å²) in [7, 11) is -3.54. The molecule has 0 atom stereocenters. The highest BCUT2D eigenvalue weighted by Gasteiger charge is 2.27. The van der Waals surface area contributed by atoms with Crippen molar-refractivity contribution in [3.8, 4) is 5.69 Å². The number of para-hydroxylation sites is 1. The SMILES string of the molecule is Cc1cccc(C)c1-n1nnnc1SCC(=O)Nc1cccc(S(=O)(=O)N2CCCC2)c1. The fourth-order valence-electron chi connectivity index (χ4n) is 3.69. The zero-order valence-corrected chi connectivity index (χ0v) is 19.5. The Bertz CT molecular complexity index is 1220. The van der Waals surface area contributed by atoms with Gasteiger partial charge in [0.25, 0.3) is 0 Å². The molecule has 4 rings (SSSR count). The van der Waals surface area contributed by atoms with Crippen LogP contribution in [0.25, 0.3) is 5.69 Å². The number of hydrogen-bond donors (Lipinski definition) is 1. The highest BCUT2D eigenvalue weighted by Crippen LogP contribution is 2.25. The van der Waals surface area contributed by atoms with E-state index >= 15 is 0 Å². The fourth-order valence-corrected chi connectivity index (χ4v) is 5.93. The van der Waals surface area contributed by atoms with Crippen LogP contribution in [0.15, 0.2) is 52.5 Å². The third-order valence-corrected chi connectivity index (χ3v) is 8.06. The van der Waals surface area contributed by atoms with Crippen LogP contribution < -0.4 is 5.32 Å². The van der Waals surface area contributed by atoms with Crippen LogP contribution in [-0.4, -0.2) is 57.7 Å². The molecule has 2 aromatic carbocycles. The summed E-state index contributed by atoms with van der Waals surface area (Å²) in [6, 6.07) is 12.3. The lowest BCUT2D eigenvalue weighted by atomic mass is 10.1. The van der Waals surface area contributed by atoms with E-state index < -0.39 is 10.0 Å². The van der Waals surface area contributed by atoms with Crippen molar-refractivity contribution in [3.63, 3.8) is 0 Å². The first-order valence-electron chi connectivity index (χ1n) is 10.2. The number of nitrogens with zero attached hydrogens (tertiary/aromatic N) is 5. The maximum Gasteiger partial charge on any atom is 0.243 e. The van der Waals surface area contributed by atoms with E-state index in [1.165, 1.54) is 22.1 Å². The maximum absolute atomic E-state index is 12.8. The number of carbonyl (C=O) groups excluding carboxylic acids is 1. The van der Waals surface area contributed by atoms with E-state index in [1.807, 2.05) is 32.0 Å². The van der Waals surface area contributed by atoms with Crippen LogP contribution in [-0.2, 0) is 14.8 Å². The monoisotopic (exact) mass is 472 g/mol. The van der Waals surface area contributed by atoms with Crippen molar-refractivity contribution in [1.29, 1.82) is 0 Å². The van der Waals surface area contributed by atoms with Gasteiger partial charge < -0.3 is 5.32 Å². The Morgan fingerprint density at radius 1 is 1.09 bits per heavy atom. The summed E-state index contributed by atoms with van der Waals surface area (Å²) >= 11 is 1.21. The number of sulfonamides is 1. The van der Waals surface area contributed by atoms with Gasteiger partial charge in [0.2, 0.25) is 21.1 Å². The molecule has 1 saturated heterocycles. The van der Waals surface area contributed by atoms with Gasteiger partial charge in [0.15, 0.2) is 0 Å². The number of amides is 1. The van der Waals surface area contributed by atoms with Crippen molar-refractivity contribution >= 4 is 33.4 Å². The minimum Gasteiger partial charge on any atom is -0.325 e. The van der Waals surface area contributed by atoms with Crippen molar-refractivity contribution in [2.45, 2.75) is 36.7 Å². The molecule has 9 nitrogen and oxygen atoms in total. The van der Waals surface area contributed by atoms with E-state index in [4.69, 9.17) is 0 Å². The summed E-state index contributed by atoms with van der Waals surface area (Å²) in [5.74, 6) is -0.198. The molecule has 1 amide bonds. The molecular weight excluding hydrogens is 448 g/mol. The van der Waals surface area contributed by atoms with Gasteiger partial charge in [0.1, 0.15) is 0 Å². The molecule has 32 heavy (non-hydrogen) atoms. The Morgan fingerprint density at radius 2 is 1.78 bits per heavy atom.